The van der Waals surface area contributed by atoms with Crippen molar-refractivity contribution in [2.75, 3.05) is 6.61 Å². The highest BCUT2D eigenvalue weighted by Crippen LogP contribution is 2.33. The number of allylic oxidation sites excluding steroid dienone is 1. The Kier molecular flexibility index (Phi) is 3.60. The zero-order valence-corrected chi connectivity index (χ0v) is 8.95. The molecule has 3 atom stereocenters. The van der Waals surface area contributed by atoms with Gasteiger partial charge < -0.3 is 9.47 Å². The lowest BCUT2D eigenvalue weighted by atomic mass is 9.92. The Hall–Kier alpha value is -0.340. The van der Waals surface area contributed by atoms with Crippen molar-refractivity contribution in [1.82, 2.24) is 0 Å². The summed E-state index contributed by atoms with van der Waals surface area (Å²) >= 11 is 0. The fourth-order valence-corrected chi connectivity index (χ4v) is 2.21. The van der Waals surface area contributed by atoms with E-state index in [2.05, 4.69) is 19.1 Å². The van der Waals surface area contributed by atoms with Crippen molar-refractivity contribution in [1.29, 1.82) is 0 Å². The Bertz CT molecular complexity index is 200. The van der Waals surface area contributed by atoms with Crippen LogP contribution in [-0.4, -0.2) is 19.0 Å². The van der Waals surface area contributed by atoms with Gasteiger partial charge in [0.1, 0.15) is 0 Å². The van der Waals surface area contributed by atoms with E-state index in [1.165, 1.54) is 19.3 Å². The third kappa shape index (κ3) is 2.37. The van der Waals surface area contributed by atoms with Gasteiger partial charge in [-0.3, -0.25) is 0 Å². The van der Waals surface area contributed by atoms with Crippen LogP contribution in [0.4, 0.5) is 0 Å². The second kappa shape index (κ2) is 4.94. The van der Waals surface area contributed by atoms with E-state index < -0.39 is 0 Å². The van der Waals surface area contributed by atoms with Crippen LogP contribution in [0.1, 0.15) is 39.0 Å². The Balaban J connectivity index is 1.74. The third-order valence-corrected chi connectivity index (χ3v) is 3.07. The second-order valence-corrected chi connectivity index (χ2v) is 4.23. The third-order valence-electron chi connectivity index (χ3n) is 3.07. The predicted octanol–water partition coefficient (Wildman–Crippen LogP) is 2.88. The summed E-state index contributed by atoms with van der Waals surface area (Å²) in [5, 5.41) is 0. The molecule has 2 rings (SSSR count). The maximum atomic E-state index is 5.84. The molecule has 0 saturated carbocycles. The summed E-state index contributed by atoms with van der Waals surface area (Å²) in [5.41, 5.74) is 0. The van der Waals surface area contributed by atoms with E-state index in [9.17, 15) is 0 Å². The lowest BCUT2D eigenvalue weighted by Gasteiger charge is -2.18. The van der Waals surface area contributed by atoms with E-state index in [4.69, 9.17) is 9.47 Å². The molecular formula is C12H20O2. The van der Waals surface area contributed by atoms with Crippen LogP contribution < -0.4 is 0 Å². The number of fused-ring (bicyclic) bond motifs is 1. The molecule has 80 valence electrons. The van der Waals surface area contributed by atoms with Gasteiger partial charge in [-0.2, -0.15) is 0 Å². The van der Waals surface area contributed by atoms with Crippen LogP contribution >= 0.6 is 0 Å². The average Bonchev–Trinajstić information content (AvgIpc) is 2.60. The topological polar surface area (TPSA) is 18.5 Å². The van der Waals surface area contributed by atoms with Gasteiger partial charge in [0.05, 0.1) is 6.10 Å². The smallest absolute Gasteiger partial charge is 0.158 e. The monoisotopic (exact) mass is 196 g/mol. The summed E-state index contributed by atoms with van der Waals surface area (Å²) < 4.78 is 11.5. The molecule has 2 aliphatic rings. The molecule has 1 saturated heterocycles. The van der Waals surface area contributed by atoms with Gasteiger partial charge in [0.15, 0.2) is 6.29 Å². The summed E-state index contributed by atoms with van der Waals surface area (Å²) in [6.07, 6.45) is 10.8. The Morgan fingerprint density at radius 3 is 3.21 bits per heavy atom. The lowest BCUT2D eigenvalue weighted by molar-refractivity contribution is -0.135. The zero-order valence-electron chi connectivity index (χ0n) is 8.95. The maximum Gasteiger partial charge on any atom is 0.158 e. The van der Waals surface area contributed by atoms with Gasteiger partial charge in [0.25, 0.3) is 0 Å². The molecule has 1 unspecified atom stereocenters. The molecule has 0 aromatic heterocycles. The lowest BCUT2D eigenvalue weighted by Crippen LogP contribution is -2.17. The summed E-state index contributed by atoms with van der Waals surface area (Å²) in [4.78, 5) is 0. The number of hydrogen-bond donors (Lipinski definition) is 0. The van der Waals surface area contributed by atoms with Crippen LogP contribution in [-0.2, 0) is 9.47 Å². The fraction of sp³-hybridized carbons (Fsp3) is 0.833. The van der Waals surface area contributed by atoms with E-state index >= 15 is 0 Å². The summed E-state index contributed by atoms with van der Waals surface area (Å²) in [6, 6.07) is 0. The minimum Gasteiger partial charge on any atom is -0.353 e. The minimum atomic E-state index is 0.0688. The first kappa shape index (κ1) is 10.2. The molecule has 1 fully saturated rings. The van der Waals surface area contributed by atoms with E-state index in [1.54, 1.807) is 0 Å². The second-order valence-electron chi connectivity index (χ2n) is 4.23. The quantitative estimate of drug-likeness (QED) is 0.508. The molecule has 0 radical (unpaired) electrons. The molecule has 1 heterocycles. The maximum absolute atomic E-state index is 5.84. The van der Waals surface area contributed by atoms with E-state index in [0.717, 1.165) is 19.4 Å². The van der Waals surface area contributed by atoms with Crippen molar-refractivity contribution in [3.8, 4) is 0 Å². The van der Waals surface area contributed by atoms with Crippen molar-refractivity contribution >= 4 is 0 Å². The van der Waals surface area contributed by atoms with Gasteiger partial charge in [0.2, 0.25) is 0 Å². The molecule has 0 N–H and O–H groups in total. The van der Waals surface area contributed by atoms with Crippen LogP contribution in [0.15, 0.2) is 12.2 Å². The van der Waals surface area contributed by atoms with Gasteiger partial charge in [-0.15, -0.1) is 0 Å². The van der Waals surface area contributed by atoms with E-state index in [1.807, 2.05) is 0 Å². The first-order valence-electron chi connectivity index (χ1n) is 5.84. The highest BCUT2D eigenvalue weighted by atomic mass is 16.7. The molecule has 0 amide bonds. The number of unbranched alkanes of at least 4 members (excludes halogenated alkanes) is 1. The molecule has 0 aromatic carbocycles. The molecule has 2 nitrogen and oxygen atoms in total. The molecule has 1 aliphatic carbocycles. The normalized spacial score (nSPS) is 35.9. The molecule has 0 spiro atoms. The minimum absolute atomic E-state index is 0.0688. The molecule has 14 heavy (non-hydrogen) atoms. The van der Waals surface area contributed by atoms with E-state index in [0.29, 0.717) is 12.0 Å². The summed E-state index contributed by atoms with van der Waals surface area (Å²) in [5.74, 6) is 0.621. The predicted molar refractivity (Wildman–Crippen MR) is 56.0 cm³/mol. The van der Waals surface area contributed by atoms with E-state index in [-0.39, 0.29) is 6.29 Å². The summed E-state index contributed by atoms with van der Waals surface area (Å²) in [7, 11) is 0. The highest BCUT2D eigenvalue weighted by molar-refractivity contribution is 5.00. The summed E-state index contributed by atoms with van der Waals surface area (Å²) in [6.45, 7) is 3.03. The van der Waals surface area contributed by atoms with Gasteiger partial charge in [0, 0.05) is 18.9 Å². The van der Waals surface area contributed by atoms with Crippen LogP contribution in [0.3, 0.4) is 0 Å². The van der Waals surface area contributed by atoms with Crippen LogP contribution in [0, 0.1) is 5.92 Å². The number of ether oxygens (including phenoxy) is 2. The van der Waals surface area contributed by atoms with Crippen molar-refractivity contribution < 1.29 is 9.47 Å². The van der Waals surface area contributed by atoms with Crippen molar-refractivity contribution in [2.24, 2.45) is 5.92 Å². The number of hydrogen-bond acceptors (Lipinski definition) is 2. The van der Waals surface area contributed by atoms with Crippen LogP contribution in [0.5, 0.6) is 0 Å². The Labute approximate surface area is 86.3 Å². The highest BCUT2D eigenvalue weighted by Gasteiger charge is 2.34. The molecule has 2 heteroatoms. The largest absolute Gasteiger partial charge is 0.353 e. The van der Waals surface area contributed by atoms with Crippen molar-refractivity contribution in [3.05, 3.63) is 12.2 Å². The van der Waals surface area contributed by atoms with Gasteiger partial charge in [-0.25, -0.2) is 0 Å². The molecule has 0 bridgehead atoms. The molecule has 0 aromatic rings. The van der Waals surface area contributed by atoms with Gasteiger partial charge in [-0.1, -0.05) is 25.5 Å². The Morgan fingerprint density at radius 2 is 2.43 bits per heavy atom. The fourth-order valence-electron chi connectivity index (χ4n) is 2.21. The SMILES string of the molecule is CCCCOC1C[C@H]2C=CCC[C@H]2O1. The standard InChI is InChI=1S/C12H20O2/c1-2-3-8-13-12-9-10-6-4-5-7-11(10)14-12/h4,6,10-12H,2-3,5,7-9H2,1H3/t10-,11-,12?/m1/s1. The van der Waals surface area contributed by atoms with Crippen molar-refractivity contribution in [2.45, 2.75) is 51.4 Å². The van der Waals surface area contributed by atoms with Crippen molar-refractivity contribution in [3.63, 3.8) is 0 Å². The average molecular weight is 196 g/mol. The number of rotatable bonds is 4. The Morgan fingerprint density at radius 1 is 1.50 bits per heavy atom. The first-order valence-corrected chi connectivity index (χ1v) is 5.84. The van der Waals surface area contributed by atoms with Crippen LogP contribution in [0.25, 0.3) is 0 Å². The first-order chi connectivity index (χ1) is 6.90. The molecular weight excluding hydrogens is 176 g/mol. The van der Waals surface area contributed by atoms with Gasteiger partial charge >= 0.3 is 0 Å². The zero-order chi connectivity index (χ0) is 9.80. The van der Waals surface area contributed by atoms with Crippen LogP contribution in [0.2, 0.25) is 0 Å². The van der Waals surface area contributed by atoms with Gasteiger partial charge in [-0.05, 0) is 19.3 Å². The molecule has 1 aliphatic heterocycles.